The largest absolute Gasteiger partial charge is 0.468 e. The molecular formula is C19H20N2O2. The van der Waals surface area contributed by atoms with Crippen molar-refractivity contribution in [3.05, 3.63) is 77.5 Å². The molecule has 0 aliphatic rings. The van der Waals surface area contributed by atoms with Gasteiger partial charge in [0.15, 0.2) is 5.78 Å². The molecule has 0 amide bonds. The predicted octanol–water partition coefficient (Wildman–Crippen LogP) is 3.66. The lowest BCUT2D eigenvalue weighted by Gasteiger charge is -2.09. The maximum absolute atomic E-state index is 12.5. The Morgan fingerprint density at radius 3 is 2.61 bits per heavy atom. The summed E-state index contributed by atoms with van der Waals surface area (Å²) in [5.41, 5.74) is 3.87. The molecule has 3 aromatic rings. The third kappa shape index (κ3) is 3.27. The summed E-state index contributed by atoms with van der Waals surface area (Å²) in [6.07, 6.45) is 1.63. The molecule has 0 unspecified atom stereocenters. The first-order valence-corrected chi connectivity index (χ1v) is 7.67. The van der Waals surface area contributed by atoms with Crippen LogP contribution in [0.4, 0.5) is 0 Å². The lowest BCUT2D eigenvalue weighted by atomic mass is 10.1. The fourth-order valence-electron chi connectivity index (χ4n) is 2.83. The van der Waals surface area contributed by atoms with E-state index in [0.29, 0.717) is 13.1 Å². The average molecular weight is 308 g/mol. The second kappa shape index (κ2) is 6.67. The quantitative estimate of drug-likeness (QED) is 0.707. The number of aromatic nitrogens is 1. The summed E-state index contributed by atoms with van der Waals surface area (Å²) in [6.45, 7) is 4.85. The second-order valence-electron chi connectivity index (χ2n) is 5.56. The molecule has 1 aromatic carbocycles. The molecule has 1 N–H and O–H groups in total. The fourth-order valence-corrected chi connectivity index (χ4v) is 2.83. The minimum Gasteiger partial charge on any atom is -0.468 e. The number of hydrogen-bond donors (Lipinski definition) is 1. The maximum atomic E-state index is 12.5. The van der Waals surface area contributed by atoms with Crippen molar-refractivity contribution in [3.8, 4) is 5.69 Å². The van der Waals surface area contributed by atoms with E-state index in [1.165, 1.54) is 0 Å². The molecule has 4 nitrogen and oxygen atoms in total. The van der Waals surface area contributed by atoms with Crippen molar-refractivity contribution < 1.29 is 9.21 Å². The molecule has 3 rings (SSSR count). The average Bonchev–Trinajstić information content (AvgIpc) is 3.16. The molecule has 0 atom stereocenters. The number of aryl methyl sites for hydroxylation is 1. The number of ketones is 1. The van der Waals surface area contributed by atoms with Crippen molar-refractivity contribution in [2.45, 2.75) is 20.4 Å². The zero-order valence-corrected chi connectivity index (χ0v) is 13.4. The number of hydrogen-bond acceptors (Lipinski definition) is 3. The Morgan fingerprint density at radius 1 is 1.13 bits per heavy atom. The van der Waals surface area contributed by atoms with Crippen molar-refractivity contribution in [2.75, 3.05) is 6.54 Å². The molecule has 0 saturated carbocycles. The standard InChI is InChI=1S/C19H20N2O2/c1-14-11-18(15(2)21(14)16-7-4-3-5-8-16)19(22)13-20-12-17-9-6-10-23-17/h3-11,20H,12-13H2,1-2H3. The van der Waals surface area contributed by atoms with Crippen LogP contribution in [0.2, 0.25) is 0 Å². The number of benzene rings is 1. The van der Waals surface area contributed by atoms with E-state index in [1.807, 2.05) is 62.4 Å². The van der Waals surface area contributed by atoms with E-state index in [1.54, 1.807) is 6.26 Å². The molecule has 0 fully saturated rings. The number of para-hydroxylation sites is 1. The minimum atomic E-state index is 0.0897. The van der Waals surface area contributed by atoms with E-state index in [9.17, 15) is 4.79 Å². The molecule has 4 heteroatoms. The summed E-state index contributed by atoms with van der Waals surface area (Å²) in [4.78, 5) is 12.5. The van der Waals surface area contributed by atoms with Gasteiger partial charge in [0.05, 0.1) is 19.4 Å². The molecule has 118 valence electrons. The third-order valence-electron chi connectivity index (χ3n) is 3.91. The van der Waals surface area contributed by atoms with Crippen molar-refractivity contribution in [2.24, 2.45) is 0 Å². The van der Waals surface area contributed by atoms with E-state index in [0.717, 1.165) is 28.4 Å². The van der Waals surface area contributed by atoms with Crippen LogP contribution in [0.3, 0.4) is 0 Å². The first-order chi connectivity index (χ1) is 11.2. The number of nitrogens with one attached hydrogen (secondary N) is 1. The van der Waals surface area contributed by atoms with Gasteiger partial charge in [-0.2, -0.15) is 0 Å². The molecule has 0 spiro atoms. The van der Waals surface area contributed by atoms with Crippen LogP contribution in [0.25, 0.3) is 5.69 Å². The number of nitrogens with zero attached hydrogens (tertiary/aromatic N) is 1. The number of rotatable bonds is 6. The summed E-state index contributed by atoms with van der Waals surface area (Å²) >= 11 is 0. The minimum absolute atomic E-state index is 0.0897. The van der Waals surface area contributed by atoms with Crippen molar-refractivity contribution in [1.29, 1.82) is 0 Å². The van der Waals surface area contributed by atoms with Crippen LogP contribution in [0.1, 0.15) is 27.5 Å². The highest BCUT2D eigenvalue weighted by Gasteiger charge is 2.16. The van der Waals surface area contributed by atoms with Gasteiger partial charge in [0.1, 0.15) is 5.76 Å². The first kappa shape index (κ1) is 15.3. The molecule has 2 heterocycles. The Labute approximate surface area is 135 Å². The van der Waals surface area contributed by atoms with Gasteiger partial charge in [-0.05, 0) is 44.2 Å². The molecule has 0 aliphatic carbocycles. The Bertz CT molecular complexity index is 786. The summed E-state index contributed by atoms with van der Waals surface area (Å²) in [5.74, 6) is 0.916. The molecule has 0 aliphatic heterocycles. The smallest absolute Gasteiger partial charge is 0.178 e. The molecular weight excluding hydrogens is 288 g/mol. The van der Waals surface area contributed by atoms with Gasteiger partial charge in [-0.3, -0.25) is 4.79 Å². The Kier molecular flexibility index (Phi) is 4.44. The van der Waals surface area contributed by atoms with Crippen LogP contribution in [-0.4, -0.2) is 16.9 Å². The van der Waals surface area contributed by atoms with Gasteiger partial charge in [-0.25, -0.2) is 0 Å². The monoisotopic (exact) mass is 308 g/mol. The fraction of sp³-hybridized carbons (Fsp3) is 0.211. The lowest BCUT2D eigenvalue weighted by molar-refractivity contribution is 0.0989. The molecule has 0 radical (unpaired) electrons. The summed E-state index contributed by atoms with van der Waals surface area (Å²) in [6, 6.07) is 15.8. The van der Waals surface area contributed by atoms with Gasteiger partial charge in [0.2, 0.25) is 0 Å². The number of carbonyl (C=O) groups excluding carboxylic acids is 1. The Morgan fingerprint density at radius 2 is 1.91 bits per heavy atom. The summed E-state index contributed by atoms with van der Waals surface area (Å²) < 4.78 is 7.36. The predicted molar refractivity (Wildman–Crippen MR) is 90.0 cm³/mol. The van der Waals surface area contributed by atoms with Gasteiger partial charge in [0.25, 0.3) is 0 Å². The van der Waals surface area contributed by atoms with Gasteiger partial charge in [-0.15, -0.1) is 0 Å². The Hall–Kier alpha value is -2.59. The zero-order valence-electron chi connectivity index (χ0n) is 13.4. The van der Waals surface area contributed by atoms with Gasteiger partial charge in [0, 0.05) is 22.6 Å². The summed E-state index contributed by atoms with van der Waals surface area (Å²) in [7, 11) is 0. The third-order valence-corrected chi connectivity index (χ3v) is 3.91. The SMILES string of the molecule is Cc1cc(C(=O)CNCc2ccco2)c(C)n1-c1ccccc1. The van der Waals surface area contributed by atoms with Crippen LogP contribution in [0.5, 0.6) is 0 Å². The van der Waals surface area contributed by atoms with Gasteiger partial charge >= 0.3 is 0 Å². The van der Waals surface area contributed by atoms with E-state index in [-0.39, 0.29) is 5.78 Å². The highest BCUT2D eigenvalue weighted by atomic mass is 16.3. The zero-order chi connectivity index (χ0) is 16.2. The van der Waals surface area contributed by atoms with Crippen LogP contribution >= 0.6 is 0 Å². The Balaban J connectivity index is 1.74. The molecule has 2 aromatic heterocycles. The molecule has 0 saturated heterocycles. The van der Waals surface area contributed by atoms with E-state index in [2.05, 4.69) is 9.88 Å². The van der Waals surface area contributed by atoms with Crippen LogP contribution in [0, 0.1) is 13.8 Å². The number of carbonyl (C=O) groups is 1. The van der Waals surface area contributed by atoms with Crippen molar-refractivity contribution in [1.82, 2.24) is 9.88 Å². The van der Waals surface area contributed by atoms with Crippen molar-refractivity contribution >= 4 is 5.78 Å². The summed E-state index contributed by atoms with van der Waals surface area (Å²) in [5, 5.41) is 3.13. The first-order valence-electron chi connectivity index (χ1n) is 7.67. The van der Waals surface area contributed by atoms with Crippen molar-refractivity contribution in [3.63, 3.8) is 0 Å². The highest BCUT2D eigenvalue weighted by molar-refractivity contribution is 5.99. The van der Waals surface area contributed by atoms with Crippen LogP contribution < -0.4 is 5.32 Å². The topological polar surface area (TPSA) is 47.2 Å². The van der Waals surface area contributed by atoms with E-state index in [4.69, 9.17) is 4.42 Å². The maximum Gasteiger partial charge on any atom is 0.178 e. The lowest BCUT2D eigenvalue weighted by Crippen LogP contribution is -2.22. The number of Topliss-reactive ketones (excluding diaryl/α,β-unsaturated/α-hetero) is 1. The van der Waals surface area contributed by atoms with Crippen LogP contribution in [0.15, 0.2) is 59.2 Å². The van der Waals surface area contributed by atoms with Gasteiger partial charge in [-0.1, -0.05) is 18.2 Å². The van der Waals surface area contributed by atoms with Crippen LogP contribution in [-0.2, 0) is 6.54 Å². The van der Waals surface area contributed by atoms with E-state index < -0.39 is 0 Å². The number of furan rings is 1. The van der Waals surface area contributed by atoms with Gasteiger partial charge < -0.3 is 14.3 Å². The highest BCUT2D eigenvalue weighted by Crippen LogP contribution is 2.20. The molecule has 0 bridgehead atoms. The van der Waals surface area contributed by atoms with E-state index >= 15 is 0 Å². The normalized spacial score (nSPS) is 10.9. The second-order valence-corrected chi connectivity index (χ2v) is 5.56. The molecule has 23 heavy (non-hydrogen) atoms.